The zero-order chi connectivity index (χ0) is 12.9. The molecule has 0 fully saturated rings. The van der Waals surface area contributed by atoms with Crippen molar-refractivity contribution in [2.75, 3.05) is 0 Å². The summed E-state index contributed by atoms with van der Waals surface area (Å²) in [6.45, 7) is 3.70. The van der Waals surface area contributed by atoms with Crippen LogP contribution in [-0.2, 0) is 17.0 Å². The van der Waals surface area contributed by atoms with Crippen molar-refractivity contribution in [3.63, 3.8) is 0 Å². The van der Waals surface area contributed by atoms with E-state index < -0.39 is 11.7 Å². The normalized spacial score (nSPS) is 11.2. The smallest absolute Gasteiger partial charge is 0.405 e. The van der Waals surface area contributed by atoms with E-state index >= 15 is 0 Å². The molecule has 17 heavy (non-hydrogen) atoms. The molecule has 0 aliphatic carbocycles. The number of alkyl halides is 1. The summed E-state index contributed by atoms with van der Waals surface area (Å²) in [5, 5.41) is 0. The van der Waals surface area contributed by atoms with Crippen molar-refractivity contribution in [2.24, 2.45) is 5.73 Å². The molecule has 2 N–H and O–H groups in total. The van der Waals surface area contributed by atoms with Crippen LogP contribution in [0, 0.1) is 0 Å². The third-order valence-electron chi connectivity index (χ3n) is 2.57. The first kappa shape index (κ1) is 13.8. The summed E-state index contributed by atoms with van der Waals surface area (Å²) in [6.07, 6.45) is 0.839. The van der Waals surface area contributed by atoms with Crippen LogP contribution >= 0.6 is 11.6 Å². The molecule has 0 heterocycles. The third-order valence-corrected chi connectivity index (χ3v) is 2.88. The maximum absolute atomic E-state index is 10.7. The Morgan fingerprint density at radius 3 is 2.29 bits per heavy atom. The number of hydrogen-bond acceptors (Lipinski definition) is 2. The quantitative estimate of drug-likeness (QED) is 0.822. The molecule has 0 aliphatic heterocycles. The number of halogens is 1. The highest BCUT2D eigenvalue weighted by molar-refractivity contribution is 6.17. The van der Waals surface area contributed by atoms with Crippen molar-refractivity contribution in [3.05, 3.63) is 35.4 Å². The Kier molecular flexibility index (Phi) is 4.82. The van der Waals surface area contributed by atoms with Crippen molar-refractivity contribution < 1.29 is 9.53 Å². The van der Waals surface area contributed by atoms with E-state index in [2.05, 4.69) is 0 Å². The van der Waals surface area contributed by atoms with E-state index in [1.54, 1.807) is 0 Å². The van der Waals surface area contributed by atoms with Crippen LogP contribution in [0.2, 0.25) is 0 Å². The van der Waals surface area contributed by atoms with Gasteiger partial charge in [0.05, 0.1) is 0 Å². The Hall–Kier alpha value is -1.22. The van der Waals surface area contributed by atoms with Gasteiger partial charge in [-0.05, 0) is 37.8 Å². The lowest BCUT2D eigenvalue weighted by Crippen LogP contribution is -2.31. The number of primary amides is 1. The second-order valence-electron chi connectivity index (χ2n) is 4.63. The fraction of sp³-hybridized carbons (Fsp3) is 0.462. The minimum Gasteiger partial charge on any atom is -0.444 e. The molecule has 0 radical (unpaired) electrons. The van der Waals surface area contributed by atoms with Crippen molar-refractivity contribution >= 4 is 17.7 Å². The molecule has 1 aromatic carbocycles. The molecule has 0 spiro atoms. The van der Waals surface area contributed by atoms with Gasteiger partial charge >= 0.3 is 6.09 Å². The zero-order valence-electron chi connectivity index (χ0n) is 10.2. The number of rotatable bonds is 5. The molecule has 3 nitrogen and oxygen atoms in total. The highest BCUT2D eigenvalue weighted by atomic mass is 35.5. The van der Waals surface area contributed by atoms with Gasteiger partial charge < -0.3 is 10.5 Å². The van der Waals surface area contributed by atoms with Crippen LogP contribution < -0.4 is 5.73 Å². The lowest BCUT2D eigenvalue weighted by Gasteiger charge is -2.23. The molecule has 1 amide bonds. The van der Waals surface area contributed by atoms with Crippen molar-refractivity contribution in [3.8, 4) is 0 Å². The Morgan fingerprint density at radius 2 is 1.82 bits per heavy atom. The van der Waals surface area contributed by atoms with Gasteiger partial charge in [-0.1, -0.05) is 24.3 Å². The van der Waals surface area contributed by atoms with Gasteiger partial charge in [0.1, 0.15) is 5.60 Å². The largest absolute Gasteiger partial charge is 0.444 e. The predicted molar refractivity (Wildman–Crippen MR) is 69.1 cm³/mol. The van der Waals surface area contributed by atoms with Crippen molar-refractivity contribution in [2.45, 2.75) is 38.2 Å². The maximum atomic E-state index is 10.7. The van der Waals surface area contributed by atoms with Crippen LogP contribution in [-0.4, -0.2) is 11.7 Å². The summed E-state index contributed by atoms with van der Waals surface area (Å²) in [5.41, 5.74) is 6.77. The molecular weight excluding hydrogens is 238 g/mol. The molecule has 0 atom stereocenters. The van der Waals surface area contributed by atoms with Gasteiger partial charge in [-0.3, -0.25) is 0 Å². The van der Waals surface area contributed by atoms with Crippen LogP contribution in [0.5, 0.6) is 0 Å². The number of aryl methyl sites for hydroxylation is 1. The van der Waals surface area contributed by atoms with Gasteiger partial charge in [-0.15, -0.1) is 11.6 Å². The van der Waals surface area contributed by atoms with Crippen LogP contribution in [0.1, 0.15) is 31.4 Å². The van der Waals surface area contributed by atoms with Crippen LogP contribution in [0.25, 0.3) is 0 Å². The first-order valence-corrected chi connectivity index (χ1v) is 6.08. The second kappa shape index (κ2) is 5.92. The number of nitrogens with two attached hydrogens (primary N) is 1. The van der Waals surface area contributed by atoms with Gasteiger partial charge in [0.25, 0.3) is 0 Å². The van der Waals surface area contributed by atoms with E-state index in [4.69, 9.17) is 22.1 Å². The van der Waals surface area contributed by atoms with E-state index in [1.165, 1.54) is 5.56 Å². The number of amides is 1. The molecular formula is C13H18ClNO2. The molecule has 0 bridgehead atoms. The van der Waals surface area contributed by atoms with Crippen molar-refractivity contribution in [1.29, 1.82) is 0 Å². The molecule has 94 valence electrons. The van der Waals surface area contributed by atoms with Crippen LogP contribution in [0.15, 0.2) is 24.3 Å². The van der Waals surface area contributed by atoms with E-state index in [9.17, 15) is 4.79 Å². The monoisotopic (exact) mass is 255 g/mol. The minimum absolute atomic E-state index is 0.524. The molecule has 0 aromatic heterocycles. The maximum Gasteiger partial charge on any atom is 0.405 e. The summed E-state index contributed by atoms with van der Waals surface area (Å²) in [6, 6.07) is 8.09. The minimum atomic E-state index is -0.729. The van der Waals surface area contributed by atoms with Crippen molar-refractivity contribution in [1.82, 2.24) is 0 Å². The van der Waals surface area contributed by atoms with Gasteiger partial charge in [0.15, 0.2) is 0 Å². The molecule has 0 saturated carbocycles. The standard InChI is InChI=1S/C13H18ClNO2/c1-13(2,17-12(15)16)8-7-10-3-5-11(9-14)6-4-10/h3-6H,7-9H2,1-2H3,(H2,15,16). The lowest BCUT2D eigenvalue weighted by atomic mass is 9.98. The van der Waals surface area contributed by atoms with Gasteiger partial charge in [-0.25, -0.2) is 4.79 Å². The molecule has 0 saturated heterocycles. The Balaban J connectivity index is 2.51. The predicted octanol–water partition coefficient (Wildman–Crippen LogP) is 3.23. The SMILES string of the molecule is CC(C)(CCc1ccc(CCl)cc1)OC(N)=O. The summed E-state index contributed by atoms with van der Waals surface area (Å²) in [5.74, 6) is 0.524. The highest BCUT2D eigenvalue weighted by Crippen LogP contribution is 2.18. The topological polar surface area (TPSA) is 52.3 Å². The van der Waals surface area contributed by atoms with Gasteiger partial charge in [-0.2, -0.15) is 0 Å². The summed E-state index contributed by atoms with van der Waals surface area (Å²) in [7, 11) is 0. The second-order valence-corrected chi connectivity index (χ2v) is 4.90. The molecule has 1 aromatic rings. The summed E-state index contributed by atoms with van der Waals surface area (Å²) in [4.78, 5) is 10.7. The molecule has 1 rings (SSSR count). The third kappa shape index (κ3) is 5.09. The Bertz CT molecular complexity index is 374. The number of benzene rings is 1. The average molecular weight is 256 g/mol. The van der Waals surface area contributed by atoms with Crippen LogP contribution in [0.4, 0.5) is 4.79 Å². The zero-order valence-corrected chi connectivity index (χ0v) is 11.0. The average Bonchev–Trinajstić information content (AvgIpc) is 2.25. The molecule has 0 unspecified atom stereocenters. The first-order chi connectivity index (χ1) is 7.93. The van der Waals surface area contributed by atoms with E-state index in [1.807, 2.05) is 38.1 Å². The summed E-state index contributed by atoms with van der Waals surface area (Å²) < 4.78 is 5.02. The number of hydrogen-bond donors (Lipinski definition) is 1. The number of carbonyl (C=O) groups excluding carboxylic acids is 1. The van der Waals surface area contributed by atoms with E-state index in [-0.39, 0.29) is 0 Å². The fourth-order valence-corrected chi connectivity index (χ4v) is 1.74. The Morgan fingerprint density at radius 1 is 1.29 bits per heavy atom. The fourth-order valence-electron chi connectivity index (χ4n) is 1.56. The molecule has 4 heteroatoms. The van der Waals surface area contributed by atoms with E-state index in [0.717, 1.165) is 18.4 Å². The molecule has 0 aliphatic rings. The highest BCUT2D eigenvalue weighted by Gasteiger charge is 2.21. The lowest BCUT2D eigenvalue weighted by molar-refractivity contribution is 0.0394. The summed E-state index contributed by atoms with van der Waals surface area (Å²) >= 11 is 5.71. The van der Waals surface area contributed by atoms with Gasteiger partial charge in [0.2, 0.25) is 0 Å². The number of ether oxygens (including phenoxy) is 1. The Labute approximate surface area is 107 Å². The number of carbonyl (C=O) groups is 1. The van der Waals surface area contributed by atoms with E-state index in [0.29, 0.717) is 5.88 Å². The van der Waals surface area contributed by atoms with Crippen LogP contribution in [0.3, 0.4) is 0 Å². The van der Waals surface area contributed by atoms with Gasteiger partial charge in [0, 0.05) is 5.88 Å². The first-order valence-electron chi connectivity index (χ1n) is 5.55.